The molecule has 0 unspecified atom stereocenters. The van der Waals surface area contributed by atoms with Crippen LogP contribution in [0.4, 0.5) is 4.79 Å². The van der Waals surface area contributed by atoms with Gasteiger partial charge in [0.2, 0.25) is 0 Å². The van der Waals surface area contributed by atoms with Gasteiger partial charge in [0.25, 0.3) is 0 Å². The molecule has 0 radical (unpaired) electrons. The van der Waals surface area contributed by atoms with Gasteiger partial charge in [-0.3, -0.25) is 4.79 Å². The number of hydrogen-bond acceptors (Lipinski definition) is 6. The van der Waals surface area contributed by atoms with E-state index in [1.54, 1.807) is 12.2 Å². The van der Waals surface area contributed by atoms with Crippen molar-refractivity contribution >= 4 is 12.1 Å². The largest absolute Gasteiger partial charge is 0.463 e. The fraction of sp³-hybridized carbons (Fsp3) is 0.684. The van der Waals surface area contributed by atoms with Gasteiger partial charge in [-0.1, -0.05) is 31.4 Å². The standard InChI is InChI=1S/C19H33NO6/c1-3-12-23-14-16-25-18(21)10-8-6-5-7-9-11-20-19(22)26-17-15-24-13-4-2/h3-4H,1-2,5-17H2,(H,20,22). The fourth-order valence-corrected chi connectivity index (χ4v) is 1.98. The second-order valence-corrected chi connectivity index (χ2v) is 5.53. The molecule has 0 bridgehead atoms. The van der Waals surface area contributed by atoms with Crippen molar-refractivity contribution in [2.45, 2.75) is 38.5 Å². The molecule has 0 aromatic carbocycles. The molecule has 1 N–H and O–H groups in total. The number of carbonyl (C=O) groups excluding carboxylic acids is 2. The van der Waals surface area contributed by atoms with Crippen molar-refractivity contribution in [2.24, 2.45) is 0 Å². The number of alkyl carbamates (subject to hydrolysis) is 1. The highest BCUT2D eigenvalue weighted by Gasteiger charge is 2.03. The van der Waals surface area contributed by atoms with E-state index in [2.05, 4.69) is 18.5 Å². The van der Waals surface area contributed by atoms with Crippen molar-refractivity contribution in [1.29, 1.82) is 0 Å². The minimum atomic E-state index is -0.424. The second kappa shape index (κ2) is 19.5. The monoisotopic (exact) mass is 371 g/mol. The average Bonchev–Trinajstić information content (AvgIpc) is 2.63. The molecule has 1 amide bonds. The first-order valence-corrected chi connectivity index (χ1v) is 9.14. The zero-order valence-corrected chi connectivity index (χ0v) is 15.7. The van der Waals surface area contributed by atoms with E-state index in [0.29, 0.717) is 39.4 Å². The Kier molecular flexibility index (Phi) is 18.1. The van der Waals surface area contributed by atoms with Crippen LogP contribution in [0.2, 0.25) is 0 Å². The molecular formula is C19H33NO6. The van der Waals surface area contributed by atoms with E-state index in [1.807, 2.05) is 0 Å². The summed E-state index contributed by atoms with van der Waals surface area (Å²) >= 11 is 0. The third-order valence-corrected chi connectivity index (χ3v) is 3.25. The highest BCUT2D eigenvalue weighted by Crippen LogP contribution is 2.06. The van der Waals surface area contributed by atoms with Crippen LogP contribution < -0.4 is 5.32 Å². The minimum Gasteiger partial charge on any atom is -0.463 e. The molecule has 7 nitrogen and oxygen atoms in total. The summed E-state index contributed by atoms with van der Waals surface area (Å²) in [7, 11) is 0. The van der Waals surface area contributed by atoms with Crippen molar-refractivity contribution in [2.75, 3.05) is 46.2 Å². The Bertz CT molecular complexity index is 350. The zero-order valence-electron chi connectivity index (χ0n) is 15.7. The van der Waals surface area contributed by atoms with Crippen LogP contribution in [0.15, 0.2) is 25.3 Å². The van der Waals surface area contributed by atoms with Crippen LogP contribution in [0.1, 0.15) is 38.5 Å². The molecule has 26 heavy (non-hydrogen) atoms. The summed E-state index contributed by atoms with van der Waals surface area (Å²) in [5, 5.41) is 2.69. The van der Waals surface area contributed by atoms with E-state index in [0.717, 1.165) is 32.1 Å². The lowest BCUT2D eigenvalue weighted by atomic mass is 10.1. The van der Waals surface area contributed by atoms with Crippen LogP contribution in [-0.4, -0.2) is 58.2 Å². The lowest BCUT2D eigenvalue weighted by Gasteiger charge is -2.07. The summed E-state index contributed by atoms with van der Waals surface area (Å²) in [5.74, 6) is -0.186. The minimum absolute atomic E-state index is 0.186. The molecule has 0 rings (SSSR count). The Morgan fingerprint density at radius 3 is 2.00 bits per heavy atom. The van der Waals surface area contributed by atoms with Gasteiger partial charge in [0.1, 0.15) is 13.2 Å². The second-order valence-electron chi connectivity index (χ2n) is 5.53. The number of ether oxygens (including phenoxy) is 4. The summed E-state index contributed by atoms with van der Waals surface area (Å²) in [6.45, 7) is 9.84. The number of hydrogen-bond donors (Lipinski definition) is 1. The van der Waals surface area contributed by atoms with Gasteiger partial charge in [-0.05, 0) is 12.8 Å². The first-order valence-electron chi connectivity index (χ1n) is 9.14. The number of carbonyl (C=O) groups is 2. The van der Waals surface area contributed by atoms with Crippen LogP contribution in [0, 0.1) is 0 Å². The van der Waals surface area contributed by atoms with Crippen molar-refractivity contribution in [3.8, 4) is 0 Å². The van der Waals surface area contributed by atoms with Crippen molar-refractivity contribution < 1.29 is 28.5 Å². The Labute approximate surface area is 156 Å². The van der Waals surface area contributed by atoms with Crippen LogP contribution >= 0.6 is 0 Å². The Balaban J connectivity index is 3.27. The van der Waals surface area contributed by atoms with E-state index in [9.17, 15) is 9.59 Å². The molecule has 0 aliphatic carbocycles. The summed E-state index contributed by atoms with van der Waals surface area (Å²) in [5.41, 5.74) is 0. The van der Waals surface area contributed by atoms with E-state index >= 15 is 0 Å². The highest BCUT2D eigenvalue weighted by molar-refractivity contribution is 5.69. The molecule has 0 atom stereocenters. The molecule has 0 saturated carbocycles. The van der Waals surface area contributed by atoms with Crippen molar-refractivity contribution in [1.82, 2.24) is 5.32 Å². The first kappa shape index (κ1) is 24.1. The third-order valence-electron chi connectivity index (χ3n) is 3.25. The van der Waals surface area contributed by atoms with E-state index in [-0.39, 0.29) is 19.2 Å². The molecule has 0 aliphatic heterocycles. The SMILES string of the molecule is C=CCOCCOC(=O)CCCCCCCNC(=O)OCCOCC=C. The number of amides is 1. The van der Waals surface area contributed by atoms with Gasteiger partial charge in [0.05, 0.1) is 26.4 Å². The molecule has 0 fully saturated rings. The van der Waals surface area contributed by atoms with E-state index in [4.69, 9.17) is 18.9 Å². The topological polar surface area (TPSA) is 83.1 Å². The predicted octanol–water partition coefficient (Wildman–Crippen LogP) is 3.00. The maximum Gasteiger partial charge on any atom is 0.407 e. The van der Waals surface area contributed by atoms with Crippen LogP contribution in [0.25, 0.3) is 0 Å². The molecule has 7 heteroatoms. The van der Waals surface area contributed by atoms with Crippen molar-refractivity contribution in [3.05, 3.63) is 25.3 Å². The van der Waals surface area contributed by atoms with Crippen molar-refractivity contribution in [3.63, 3.8) is 0 Å². The Hall–Kier alpha value is -1.86. The molecular weight excluding hydrogens is 338 g/mol. The molecule has 0 saturated heterocycles. The predicted molar refractivity (Wildman–Crippen MR) is 100 cm³/mol. The average molecular weight is 371 g/mol. The third kappa shape index (κ3) is 18.5. The van der Waals surface area contributed by atoms with Crippen LogP contribution in [0.5, 0.6) is 0 Å². The molecule has 150 valence electrons. The van der Waals surface area contributed by atoms with Gasteiger partial charge >= 0.3 is 12.1 Å². The molecule has 0 aromatic heterocycles. The summed E-state index contributed by atoms with van der Waals surface area (Å²) < 4.78 is 20.2. The summed E-state index contributed by atoms with van der Waals surface area (Å²) in [6.07, 6.45) is 7.97. The highest BCUT2D eigenvalue weighted by atomic mass is 16.6. The Morgan fingerprint density at radius 2 is 1.35 bits per heavy atom. The maximum atomic E-state index is 11.5. The van der Waals surface area contributed by atoms with Gasteiger partial charge in [-0.15, -0.1) is 13.2 Å². The van der Waals surface area contributed by atoms with E-state index in [1.165, 1.54) is 0 Å². The fourth-order valence-electron chi connectivity index (χ4n) is 1.98. The molecule has 0 heterocycles. The number of nitrogens with one attached hydrogen (secondary N) is 1. The number of unbranched alkanes of at least 4 members (excludes halogenated alkanes) is 4. The first-order chi connectivity index (χ1) is 12.7. The van der Waals surface area contributed by atoms with Gasteiger partial charge in [0.15, 0.2) is 0 Å². The summed E-state index contributed by atoms with van der Waals surface area (Å²) in [4.78, 5) is 22.8. The van der Waals surface area contributed by atoms with E-state index < -0.39 is 6.09 Å². The normalized spacial score (nSPS) is 10.2. The van der Waals surface area contributed by atoms with Gasteiger partial charge in [-0.2, -0.15) is 0 Å². The number of rotatable bonds is 18. The van der Waals surface area contributed by atoms with Crippen LogP contribution in [-0.2, 0) is 23.7 Å². The zero-order chi connectivity index (χ0) is 19.3. The summed E-state index contributed by atoms with van der Waals surface area (Å²) in [6, 6.07) is 0. The molecule has 0 spiro atoms. The Morgan fingerprint density at radius 1 is 0.769 bits per heavy atom. The molecule has 0 aliphatic rings. The van der Waals surface area contributed by atoms with Gasteiger partial charge in [-0.25, -0.2) is 4.79 Å². The van der Waals surface area contributed by atoms with Gasteiger partial charge < -0.3 is 24.3 Å². The quantitative estimate of drug-likeness (QED) is 0.227. The lowest BCUT2D eigenvalue weighted by molar-refractivity contribution is -0.145. The van der Waals surface area contributed by atoms with Gasteiger partial charge in [0, 0.05) is 13.0 Å². The smallest absolute Gasteiger partial charge is 0.407 e. The van der Waals surface area contributed by atoms with Crippen LogP contribution in [0.3, 0.4) is 0 Å². The number of esters is 1. The molecule has 0 aromatic rings. The maximum absolute atomic E-state index is 11.5. The lowest BCUT2D eigenvalue weighted by Crippen LogP contribution is -2.26.